The number of rotatable bonds is 4. The third-order valence-electron chi connectivity index (χ3n) is 7.07. The summed E-state index contributed by atoms with van der Waals surface area (Å²) >= 11 is 0. The minimum Gasteiger partial charge on any atom is -0.444 e. The van der Waals surface area contributed by atoms with Crippen molar-refractivity contribution < 1.29 is 19.1 Å². The van der Waals surface area contributed by atoms with Crippen molar-refractivity contribution in [2.24, 2.45) is 11.7 Å². The normalized spacial score (nSPS) is 25.5. The number of carbonyl (C=O) groups excluding carboxylic acids is 3. The van der Waals surface area contributed by atoms with Crippen LogP contribution in [0, 0.1) is 5.92 Å². The number of hydrogen-bond donors (Lipinski definition) is 1. The summed E-state index contributed by atoms with van der Waals surface area (Å²) in [4.78, 5) is 49.7. The molecule has 3 heterocycles. The molecule has 1 aliphatic carbocycles. The van der Waals surface area contributed by atoms with Crippen LogP contribution in [0.25, 0.3) is 11.0 Å². The van der Waals surface area contributed by atoms with Gasteiger partial charge in [-0.2, -0.15) is 0 Å². The number of hydrogen-bond acceptors (Lipinski definition) is 7. The topological polar surface area (TPSA) is 124 Å². The SMILES string of the molecule is CC1CN(c2ncnc3c2c(C=O)cn3C2CCCC(C(N)=O)C2)C(C)CN1C(=O)OC(C)(C)C. The van der Waals surface area contributed by atoms with Gasteiger partial charge < -0.3 is 24.8 Å². The maximum Gasteiger partial charge on any atom is 0.410 e. The highest BCUT2D eigenvalue weighted by molar-refractivity contribution is 6.02. The van der Waals surface area contributed by atoms with Crippen LogP contribution in [-0.2, 0) is 9.53 Å². The second-order valence-corrected chi connectivity index (χ2v) is 10.9. The van der Waals surface area contributed by atoms with E-state index in [0.717, 1.165) is 25.5 Å². The van der Waals surface area contributed by atoms with Gasteiger partial charge in [-0.3, -0.25) is 9.59 Å². The molecule has 4 atom stereocenters. The summed E-state index contributed by atoms with van der Waals surface area (Å²) in [7, 11) is 0. The molecule has 10 nitrogen and oxygen atoms in total. The van der Waals surface area contributed by atoms with Gasteiger partial charge >= 0.3 is 6.09 Å². The molecule has 2 N–H and O–H groups in total. The van der Waals surface area contributed by atoms with E-state index in [1.807, 2.05) is 45.4 Å². The van der Waals surface area contributed by atoms with Gasteiger partial charge in [-0.1, -0.05) is 6.42 Å². The number of fused-ring (bicyclic) bond motifs is 1. The molecule has 4 unspecified atom stereocenters. The monoisotopic (exact) mass is 484 g/mol. The molecule has 1 saturated carbocycles. The number of primary amides is 1. The second-order valence-electron chi connectivity index (χ2n) is 10.9. The highest BCUT2D eigenvalue weighted by Crippen LogP contribution is 2.38. The zero-order chi connectivity index (χ0) is 25.5. The lowest BCUT2D eigenvalue weighted by Crippen LogP contribution is -2.59. The Kier molecular flexibility index (Phi) is 6.75. The minimum atomic E-state index is -0.565. The summed E-state index contributed by atoms with van der Waals surface area (Å²) in [5, 5.41) is 0.702. The number of carbonyl (C=O) groups is 3. The van der Waals surface area contributed by atoms with Crippen molar-refractivity contribution in [2.75, 3.05) is 18.0 Å². The number of ether oxygens (including phenoxy) is 1. The molecule has 2 amide bonds. The first-order chi connectivity index (χ1) is 16.5. The van der Waals surface area contributed by atoms with Crippen molar-refractivity contribution in [3.8, 4) is 0 Å². The maximum atomic E-state index is 12.8. The van der Waals surface area contributed by atoms with Gasteiger partial charge in [0.2, 0.25) is 5.91 Å². The Morgan fingerprint density at radius 1 is 1.14 bits per heavy atom. The first-order valence-electron chi connectivity index (χ1n) is 12.4. The number of nitrogens with zero attached hydrogens (tertiary/aromatic N) is 5. The molecule has 2 aliphatic rings. The van der Waals surface area contributed by atoms with Crippen LogP contribution in [0.3, 0.4) is 0 Å². The molecule has 0 spiro atoms. The first kappa shape index (κ1) is 24.9. The highest BCUT2D eigenvalue weighted by Gasteiger charge is 2.37. The molecular weight excluding hydrogens is 448 g/mol. The summed E-state index contributed by atoms with van der Waals surface area (Å²) in [6.45, 7) is 10.6. The molecule has 0 aromatic carbocycles. The second kappa shape index (κ2) is 9.47. The van der Waals surface area contributed by atoms with Crippen LogP contribution >= 0.6 is 0 Å². The molecular formula is C25H36N6O4. The van der Waals surface area contributed by atoms with Gasteiger partial charge in [0, 0.05) is 48.9 Å². The largest absolute Gasteiger partial charge is 0.444 e. The lowest BCUT2D eigenvalue weighted by atomic mass is 9.85. The van der Waals surface area contributed by atoms with Gasteiger partial charge in [-0.25, -0.2) is 14.8 Å². The lowest BCUT2D eigenvalue weighted by Gasteiger charge is -2.44. The van der Waals surface area contributed by atoms with Crippen LogP contribution in [0.1, 0.15) is 76.7 Å². The smallest absolute Gasteiger partial charge is 0.410 e. The molecule has 4 rings (SSSR count). The fourth-order valence-corrected chi connectivity index (χ4v) is 5.35. The van der Waals surface area contributed by atoms with Crippen molar-refractivity contribution in [2.45, 2.75) is 84.0 Å². The molecule has 0 radical (unpaired) electrons. The average Bonchev–Trinajstić information content (AvgIpc) is 3.18. The fourth-order valence-electron chi connectivity index (χ4n) is 5.35. The van der Waals surface area contributed by atoms with Crippen LogP contribution < -0.4 is 10.6 Å². The van der Waals surface area contributed by atoms with E-state index in [-0.39, 0.29) is 36.0 Å². The van der Waals surface area contributed by atoms with Gasteiger partial charge in [0.05, 0.1) is 5.39 Å². The van der Waals surface area contributed by atoms with Crippen molar-refractivity contribution >= 4 is 35.1 Å². The number of amides is 2. The number of aldehydes is 1. The van der Waals surface area contributed by atoms with Gasteiger partial charge in [-0.05, 0) is 53.9 Å². The van der Waals surface area contributed by atoms with Crippen LogP contribution in [0.15, 0.2) is 12.5 Å². The van der Waals surface area contributed by atoms with E-state index >= 15 is 0 Å². The predicted molar refractivity (Wildman–Crippen MR) is 132 cm³/mol. The molecule has 2 fully saturated rings. The summed E-state index contributed by atoms with van der Waals surface area (Å²) in [6, 6.07) is -0.114. The summed E-state index contributed by atoms with van der Waals surface area (Å²) in [5.41, 5.74) is 6.23. The quantitative estimate of drug-likeness (QED) is 0.660. The first-order valence-corrected chi connectivity index (χ1v) is 12.4. The number of aromatic nitrogens is 3. The number of piperazine rings is 1. The molecule has 1 aliphatic heterocycles. The third kappa shape index (κ3) is 4.97. The Bertz CT molecular complexity index is 1120. The van der Waals surface area contributed by atoms with Gasteiger partial charge in [0.25, 0.3) is 0 Å². The Morgan fingerprint density at radius 2 is 1.89 bits per heavy atom. The van der Waals surface area contributed by atoms with Crippen molar-refractivity contribution in [1.29, 1.82) is 0 Å². The molecule has 190 valence electrons. The Morgan fingerprint density at radius 3 is 2.54 bits per heavy atom. The lowest BCUT2D eigenvalue weighted by molar-refractivity contribution is -0.123. The summed E-state index contributed by atoms with van der Waals surface area (Å²) in [5.74, 6) is 0.234. The average molecular weight is 485 g/mol. The van der Waals surface area contributed by atoms with E-state index in [4.69, 9.17) is 10.5 Å². The zero-order valence-electron chi connectivity index (χ0n) is 21.2. The van der Waals surface area contributed by atoms with E-state index < -0.39 is 5.60 Å². The van der Waals surface area contributed by atoms with Crippen LogP contribution in [-0.4, -0.2) is 68.5 Å². The summed E-state index contributed by atoms with van der Waals surface area (Å²) in [6.07, 6.45) is 7.09. The molecule has 0 bridgehead atoms. The van der Waals surface area contributed by atoms with Crippen molar-refractivity contribution in [1.82, 2.24) is 19.4 Å². The predicted octanol–water partition coefficient (Wildman–Crippen LogP) is 3.29. The Balaban J connectivity index is 1.66. The number of anilines is 1. The molecule has 2 aromatic heterocycles. The maximum absolute atomic E-state index is 12.8. The number of nitrogens with two attached hydrogens (primary N) is 1. The molecule has 2 aromatic rings. The summed E-state index contributed by atoms with van der Waals surface area (Å²) < 4.78 is 7.62. The van der Waals surface area contributed by atoms with E-state index in [2.05, 4.69) is 14.9 Å². The molecule has 1 saturated heterocycles. The molecule has 35 heavy (non-hydrogen) atoms. The van der Waals surface area contributed by atoms with E-state index in [9.17, 15) is 14.4 Å². The Labute approximate surface area is 205 Å². The van der Waals surface area contributed by atoms with Crippen LogP contribution in [0.5, 0.6) is 0 Å². The van der Waals surface area contributed by atoms with Crippen LogP contribution in [0.4, 0.5) is 10.6 Å². The van der Waals surface area contributed by atoms with E-state index in [1.165, 1.54) is 6.33 Å². The van der Waals surface area contributed by atoms with Crippen molar-refractivity contribution in [3.63, 3.8) is 0 Å². The third-order valence-corrected chi connectivity index (χ3v) is 7.07. The van der Waals surface area contributed by atoms with Crippen LogP contribution in [0.2, 0.25) is 0 Å². The standard InChI is InChI=1S/C25H36N6O4/c1-15-11-30(24(34)35-25(3,4)5)16(2)10-29(15)22-20-18(13-32)12-31(23(20)28-14-27-22)19-8-6-7-17(9-19)21(26)33/h12-17,19H,6-11H2,1-5H3,(H2,26,33). The van der Waals surface area contributed by atoms with Crippen molar-refractivity contribution in [3.05, 3.63) is 18.1 Å². The fraction of sp³-hybridized carbons (Fsp3) is 0.640. The van der Waals surface area contributed by atoms with E-state index in [0.29, 0.717) is 41.9 Å². The van der Waals surface area contributed by atoms with Gasteiger partial charge in [0.1, 0.15) is 23.4 Å². The van der Waals surface area contributed by atoms with Gasteiger partial charge in [-0.15, -0.1) is 0 Å². The highest BCUT2D eigenvalue weighted by atomic mass is 16.6. The van der Waals surface area contributed by atoms with Gasteiger partial charge in [0.15, 0.2) is 6.29 Å². The van der Waals surface area contributed by atoms with E-state index in [1.54, 1.807) is 4.90 Å². The molecule has 10 heteroatoms. The Hall–Kier alpha value is -3.17. The zero-order valence-corrected chi connectivity index (χ0v) is 21.2. The minimum absolute atomic E-state index is 0.0422.